The number of amides is 1. The number of benzene rings is 3. The van der Waals surface area contributed by atoms with Crippen LogP contribution in [-0.4, -0.2) is 35.1 Å². The number of hydrogen-bond donors (Lipinski definition) is 4. The van der Waals surface area contributed by atoms with Crippen molar-refractivity contribution in [2.75, 3.05) is 11.4 Å². The van der Waals surface area contributed by atoms with E-state index < -0.39 is 11.8 Å². The minimum Gasteiger partial charge on any atom is -0.351 e. The van der Waals surface area contributed by atoms with E-state index in [2.05, 4.69) is 15.3 Å². The Kier molecular flexibility index (Phi) is 7.24. The number of nitrogens with zero attached hydrogens (tertiary/aromatic N) is 2. The molecule has 0 bridgehead atoms. The van der Waals surface area contributed by atoms with E-state index in [9.17, 15) is 9.59 Å². The second kappa shape index (κ2) is 10.5. The Labute approximate surface area is 210 Å². The van der Waals surface area contributed by atoms with Crippen molar-refractivity contribution in [1.29, 1.82) is 10.8 Å². The fourth-order valence-electron chi connectivity index (χ4n) is 3.72. The van der Waals surface area contributed by atoms with Gasteiger partial charge in [-0.2, -0.15) is 0 Å². The van der Waals surface area contributed by atoms with E-state index in [-0.39, 0.29) is 22.7 Å². The average Bonchev–Trinajstić information content (AvgIpc) is 2.85. The molecule has 0 saturated carbocycles. The van der Waals surface area contributed by atoms with Crippen LogP contribution < -0.4 is 15.8 Å². The van der Waals surface area contributed by atoms with Gasteiger partial charge in [-0.25, -0.2) is 4.98 Å². The molecular weight excluding hydrogens is 487 g/mol. The summed E-state index contributed by atoms with van der Waals surface area (Å²) in [5, 5.41) is 18.4. The summed E-state index contributed by atoms with van der Waals surface area (Å²) in [6, 6.07) is 19.1. The van der Waals surface area contributed by atoms with Crippen LogP contribution in [0.2, 0.25) is 10.0 Å². The van der Waals surface area contributed by atoms with Gasteiger partial charge in [0.1, 0.15) is 5.82 Å². The molecule has 0 aliphatic carbocycles. The Morgan fingerprint density at radius 3 is 2.46 bits per heavy atom. The molecule has 3 aromatic carbocycles. The molecule has 4 aromatic rings. The maximum absolute atomic E-state index is 13.0. The lowest BCUT2D eigenvalue weighted by Gasteiger charge is -2.19. The van der Waals surface area contributed by atoms with Crippen molar-refractivity contribution in [2.45, 2.75) is 5.92 Å². The van der Waals surface area contributed by atoms with E-state index >= 15 is 0 Å². The normalized spacial score (nSPS) is 11.6. The van der Waals surface area contributed by atoms with E-state index in [0.717, 1.165) is 18.2 Å². The zero-order valence-corrected chi connectivity index (χ0v) is 19.8. The van der Waals surface area contributed by atoms with Crippen molar-refractivity contribution in [3.05, 3.63) is 104 Å². The molecule has 1 heterocycles. The Morgan fingerprint density at radius 2 is 1.77 bits per heavy atom. The zero-order chi connectivity index (χ0) is 24.9. The van der Waals surface area contributed by atoms with Gasteiger partial charge in [0.25, 0.3) is 11.5 Å². The fourth-order valence-corrected chi connectivity index (χ4v) is 4.23. The van der Waals surface area contributed by atoms with Crippen LogP contribution in [0.4, 0.5) is 5.69 Å². The lowest BCUT2D eigenvalue weighted by Crippen LogP contribution is -2.31. The predicted molar refractivity (Wildman–Crippen MR) is 139 cm³/mol. The Morgan fingerprint density at radius 1 is 1.03 bits per heavy atom. The van der Waals surface area contributed by atoms with E-state index in [1.165, 1.54) is 17.0 Å². The first-order chi connectivity index (χ1) is 16.9. The smallest absolute Gasteiger partial charge is 0.260 e. The minimum absolute atomic E-state index is 0.142. The summed E-state index contributed by atoms with van der Waals surface area (Å²) in [6.45, 7) is 0.142. The first kappa shape index (κ1) is 24.1. The van der Waals surface area contributed by atoms with Crippen molar-refractivity contribution < 1.29 is 4.79 Å². The van der Waals surface area contributed by atoms with Crippen LogP contribution in [0.5, 0.6) is 0 Å². The maximum Gasteiger partial charge on any atom is 0.260 e. The van der Waals surface area contributed by atoms with Gasteiger partial charge < -0.3 is 10.3 Å². The molecule has 0 fully saturated rings. The van der Waals surface area contributed by atoms with Crippen molar-refractivity contribution in [1.82, 2.24) is 15.3 Å². The molecule has 4 N–H and O–H groups in total. The summed E-state index contributed by atoms with van der Waals surface area (Å²) in [6.07, 6.45) is 1.93. The van der Waals surface area contributed by atoms with Crippen LogP contribution in [0.3, 0.4) is 0 Å². The number of carbonyl (C=O) groups is 1. The Balaban J connectivity index is 1.65. The van der Waals surface area contributed by atoms with Gasteiger partial charge in [-0.15, -0.1) is 0 Å². The molecule has 1 amide bonds. The van der Waals surface area contributed by atoms with Gasteiger partial charge in [0.15, 0.2) is 0 Å². The van der Waals surface area contributed by atoms with Crippen molar-refractivity contribution in [3.8, 4) is 0 Å². The van der Waals surface area contributed by atoms with E-state index in [1.54, 1.807) is 24.3 Å². The van der Waals surface area contributed by atoms with Crippen molar-refractivity contribution in [2.24, 2.45) is 0 Å². The SMILES string of the molecule is N=CN(C=N)c1ccc(C(=O)NC[C@@H](c2ccccc2)c2nc3cccc(Cl)c3c(=O)[nH]2)c(Cl)c1. The van der Waals surface area contributed by atoms with Gasteiger partial charge in [0.05, 0.1) is 45.1 Å². The summed E-state index contributed by atoms with van der Waals surface area (Å²) >= 11 is 12.5. The molecule has 0 spiro atoms. The van der Waals surface area contributed by atoms with Gasteiger partial charge in [-0.05, 0) is 35.9 Å². The number of nitrogens with one attached hydrogen (secondary N) is 4. The van der Waals surface area contributed by atoms with Gasteiger partial charge in [-0.1, -0.05) is 59.6 Å². The van der Waals surface area contributed by atoms with Gasteiger partial charge >= 0.3 is 0 Å². The molecule has 10 heteroatoms. The van der Waals surface area contributed by atoms with Gasteiger partial charge in [0.2, 0.25) is 0 Å². The minimum atomic E-state index is -0.444. The average molecular weight is 507 g/mol. The quantitative estimate of drug-likeness (QED) is 0.202. The monoisotopic (exact) mass is 506 g/mol. The predicted octanol–water partition coefficient (Wildman–Crippen LogP) is 4.81. The molecule has 0 unspecified atom stereocenters. The lowest BCUT2D eigenvalue weighted by molar-refractivity contribution is 0.0952. The summed E-state index contributed by atoms with van der Waals surface area (Å²) in [4.78, 5) is 34.4. The molecule has 1 atom stereocenters. The first-order valence-electron chi connectivity index (χ1n) is 10.5. The molecule has 1 aromatic heterocycles. The molecule has 0 aliphatic rings. The number of fused-ring (bicyclic) bond motifs is 1. The Hall–Kier alpha value is -4.01. The zero-order valence-electron chi connectivity index (χ0n) is 18.3. The van der Waals surface area contributed by atoms with Gasteiger partial charge in [0, 0.05) is 12.2 Å². The topological polar surface area (TPSA) is 126 Å². The second-order valence-corrected chi connectivity index (χ2v) is 8.40. The number of halogens is 2. The number of aromatic nitrogens is 2. The summed E-state index contributed by atoms with van der Waals surface area (Å²) in [7, 11) is 0. The van der Waals surface area contributed by atoms with Crippen LogP contribution >= 0.6 is 23.2 Å². The third-order valence-corrected chi connectivity index (χ3v) is 6.10. The highest BCUT2D eigenvalue weighted by Gasteiger charge is 2.21. The number of anilines is 1. The molecular formula is C25H20Cl2N6O2. The molecule has 8 nitrogen and oxygen atoms in total. The summed E-state index contributed by atoms with van der Waals surface area (Å²) in [5.41, 5.74) is 1.68. The third-order valence-electron chi connectivity index (χ3n) is 5.47. The largest absolute Gasteiger partial charge is 0.351 e. The second-order valence-electron chi connectivity index (χ2n) is 7.59. The number of rotatable bonds is 8. The molecule has 0 saturated heterocycles. The van der Waals surface area contributed by atoms with Gasteiger partial charge in [-0.3, -0.25) is 25.3 Å². The van der Waals surface area contributed by atoms with E-state index in [4.69, 9.17) is 34.0 Å². The number of hydrogen-bond acceptors (Lipinski definition) is 5. The molecule has 0 radical (unpaired) electrons. The fraction of sp³-hybridized carbons (Fsp3) is 0.0800. The van der Waals surface area contributed by atoms with Crippen molar-refractivity contribution >= 4 is 58.4 Å². The number of aromatic amines is 1. The highest BCUT2D eigenvalue weighted by atomic mass is 35.5. The molecule has 176 valence electrons. The molecule has 0 aliphatic heterocycles. The third kappa shape index (κ3) is 5.08. The number of H-pyrrole nitrogens is 1. The van der Waals surface area contributed by atoms with E-state index in [0.29, 0.717) is 27.4 Å². The first-order valence-corrected chi connectivity index (χ1v) is 11.3. The van der Waals surface area contributed by atoms with Crippen LogP contribution in [0.1, 0.15) is 27.7 Å². The van der Waals surface area contributed by atoms with Crippen LogP contribution in [0.15, 0.2) is 71.5 Å². The number of carbonyl (C=O) groups excluding carboxylic acids is 1. The maximum atomic E-state index is 13.0. The molecule has 4 rings (SSSR count). The Bertz CT molecular complexity index is 1460. The van der Waals surface area contributed by atoms with Crippen LogP contribution in [0.25, 0.3) is 10.9 Å². The van der Waals surface area contributed by atoms with Crippen LogP contribution in [0, 0.1) is 10.8 Å². The van der Waals surface area contributed by atoms with E-state index in [1.807, 2.05) is 30.3 Å². The molecule has 35 heavy (non-hydrogen) atoms. The summed E-state index contributed by atoms with van der Waals surface area (Å²) < 4.78 is 0. The summed E-state index contributed by atoms with van der Waals surface area (Å²) in [5.74, 6) is -0.462. The highest BCUT2D eigenvalue weighted by Crippen LogP contribution is 2.26. The standard InChI is InChI=1S/C25H20Cl2N6O2/c26-19-7-4-8-21-22(19)25(35)32-23(31-21)18(15-5-2-1-3-6-15)12-30-24(34)17-10-9-16(11-20(17)27)33(13-28)14-29/h1-11,13-14,18,28-29H,12H2,(H,30,34)(H,31,32,35)/t18-/m0/s1. The van der Waals surface area contributed by atoms with Crippen LogP contribution in [-0.2, 0) is 0 Å². The highest BCUT2D eigenvalue weighted by molar-refractivity contribution is 6.35. The lowest BCUT2D eigenvalue weighted by atomic mass is 9.97. The van der Waals surface area contributed by atoms with Crippen molar-refractivity contribution in [3.63, 3.8) is 0 Å².